The molecule has 0 unspecified atom stereocenters. The zero-order chi connectivity index (χ0) is 11.6. The molecule has 0 aliphatic heterocycles. The minimum Gasteiger partial charge on any atom is -0.385 e. The van der Waals surface area contributed by atoms with E-state index < -0.39 is 0 Å². The lowest BCUT2D eigenvalue weighted by molar-refractivity contribution is 0.131. The highest BCUT2D eigenvalue weighted by Gasteiger charge is 1.93. The van der Waals surface area contributed by atoms with Crippen LogP contribution in [0.5, 0.6) is 0 Å². The van der Waals surface area contributed by atoms with E-state index in [4.69, 9.17) is 10.5 Å². The van der Waals surface area contributed by atoms with Crippen LogP contribution in [-0.2, 0) is 4.74 Å². The molecule has 0 saturated heterocycles. The third-order valence-electron chi connectivity index (χ3n) is 2.22. The first-order valence-corrected chi connectivity index (χ1v) is 5.86. The number of nitrogens with two attached hydrogens (primary N) is 1. The van der Waals surface area contributed by atoms with Gasteiger partial charge in [0.1, 0.15) is 5.82 Å². The van der Waals surface area contributed by atoms with Crippen molar-refractivity contribution in [3.05, 3.63) is 18.3 Å². The van der Waals surface area contributed by atoms with Gasteiger partial charge in [-0.3, -0.25) is 0 Å². The number of nitrogens with one attached hydrogen (secondary N) is 1. The van der Waals surface area contributed by atoms with Gasteiger partial charge >= 0.3 is 0 Å². The van der Waals surface area contributed by atoms with Crippen molar-refractivity contribution in [2.24, 2.45) is 0 Å². The molecule has 1 aromatic heterocycles. The molecule has 3 N–H and O–H groups in total. The van der Waals surface area contributed by atoms with Crippen LogP contribution in [0.4, 0.5) is 11.5 Å². The van der Waals surface area contributed by atoms with Crippen molar-refractivity contribution in [2.45, 2.75) is 26.2 Å². The Balaban J connectivity index is 2.03. The lowest BCUT2D eigenvalue weighted by atomic mass is 10.3. The minimum atomic E-state index is 0.546. The molecule has 0 aromatic carbocycles. The number of nitrogen functional groups attached to an aromatic ring is 1. The SMILES string of the molecule is CCCCOCCCNc1ccnc(N)c1. The van der Waals surface area contributed by atoms with Crippen LogP contribution in [0.1, 0.15) is 26.2 Å². The Morgan fingerprint density at radius 2 is 2.19 bits per heavy atom. The fraction of sp³-hybridized carbons (Fsp3) is 0.583. The summed E-state index contributed by atoms with van der Waals surface area (Å²) in [6, 6.07) is 3.74. The second-order valence-electron chi connectivity index (χ2n) is 3.72. The van der Waals surface area contributed by atoms with Gasteiger partial charge in [0.25, 0.3) is 0 Å². The zero-order valence-electron chi connectivity index (χ0n) is 9.91. The van der Waals surface area contributed by atoms with E-state index in [0.29, 0.717) is 5.82 Å². The first-order chi connectivity index (χ1) is 7.83. The van der Waals surface area contributed by atoms with Crippen molar-refractivity contribution in [3.63, 3.8) is 0 Å². The molecule has 0 bridgehead atoms. The molecule has 0 fully saturated rings. The van der Waals surface area contributed by atoms with Crippen LogP contribution in [0.2, 0.25) is 0 Å². The lowest BCUT2D eigenvalue weighted by Crippen LogP contribution is -2.06. The number of rotatable bonds is 8. The molecule has 0 amide bonds. The van der Waals surface area contributed by atoms with E-state index in [9.17, 15) is 0 Å². The molecule has 16 heavy (non-hydrogen) atoms. The van der Waals surface area contributed by atoms with Gasteiger partial charge in [0.2, 0.25) is 0 Å². The zero-order valence-corrected chi connectivity index (χ0v) is 9.91. The lowest BCUT2D eigenvalue weighted by Gasteiger charge is -2.07. The van der Waals surface area contributed by atoms with Crippen molar-refractivity contribution in [1.82, 2.24) is 4.98 Å². The topological polar surface area (TPSA) is 60.2 Å². The smallest absolute Gasteiger partial charge is 0.125 e. The van der Waals surface area contributed by atoms with E-state index in [0.717, 1.165) is 38.3 Å². The number of anilines is 2. The van der Waals surface area contributed by atoms with Crippen LogP contribution in [0.15, 0.2) is 18.3 Å². The van der Waals surface area contributed by atoms with Crippen LogP contribution in [-0.4, -0.2) is 24.7 Å². The van der Waals surface area contributed by atoms with Crippen molar-refractivity contribution in [1.29, 1.82) is 0 Å². The highest BCUT2D eigenvalue weighted by Crippen LogP contribution is 2.08. The second-order valence-corrected chi connectivity index (χ2v) is 3.72. The van der Waals surface area contributed by atoms with Gasteiger partial charge < -0.3 is 15.8 Å². The van der Waals surface area contributed by atoms with Gasteiger partial charge in [0.05, 0.1) is 0 Å². The van der Waals surface area contributed by atoms with E-state index in [1.165, 1.54) is 6.42 Å². The first kappa shape index (κ1) is 12.8. The Kier molecular flexibility index (Phi) is 6.33. The Morgan fingerprint density at radius 3 is 2.94 bits per heavy atom. The van der Waals surface area contributed by atoms with E-state index in [1.54, 1.807) is 6.20 Å². The van der Waals surface area contributed by atoms with E-state index in [1.807, 2.05) is 12.1 Å². The van der Waals surface area contributed by atoms with Gasteiger partial charge in [-0.15, -0.1) is 0 Å². The Labute approximate surface area is 97.2 Å². The number of unbranched alkanes of at least 4 members (excludes halogenated alkanes) is 1. The van der Waals surface area contributed by atoms with E-state index in [2.05, 4.69) is 17.2 Å². The van der Waals surface area contributed by atoms with Gasteiger partial charge in [-0.05, 0) is 18.9 Å². The summed E-state index contributed by atoms with van der Waals surface area (Å²) in [6.45, 7) is 4.75. The summed E-state index contributed by atoms with van der Waals surface area (Å²) in [7, 11) is 0. The molecule has 1 rings (SSSR count). The maximum absolute atomic E-state index is 5.57. The predicted octanol–water partition coefficient (Wildman–Crippen LogP) is 2.28. The minimum absolute atomic E-state index is 0.546. The van der Waals surface area contributed by atoms with Crippen molar-refractivity contribution in [3.8, 4) is 0 Å². The Hall–Kier alpha value is -1.29. The molecule has 0 aliphatic rings. The molecule has 1 heterocycles. The first-order valence-electron chi connectivity index (χ1n) is 5.86. The maximum atomic E-state index is 5.57. The largest absolute Gasteiger partial charge is 0.385 e. The third-order valence-corrected chi connectivity index (χ3v) is 2.22. The van der Waals surface area contributed by atoms with Crippen molar-refractivity contribution in [2.75, 3.05) is 30.8 Å². The van der Waals surface area contributed by atoms with Crippen LogP contribution in [0.25, 0.3) is 0 Å². The van der Waals surface area contributed by atoms with Gasteiger partial charge in [0.15, 0.2) is 0 Å². The Bertz CT molecular complexity index is 291. The average Bonchev–Trinajstić information content (AvgIpc) is 2.28. The second kappa shape index (κ2) is 7.93. The number of aromatic nitrogens is 1. The van der Waals surface area contributed by atoms with Crippen molar-refractivity contribution < 1.29 is 4.74 Å². The standard InChI is InChI=1S/C12H21N3O/c1-2-3-8-16-9-4-6-14-11-5-7-15-12(13)10-11/h5,7,10H,2-4,6,8-9H2,1H3,(H3,13,14,15). The van der Waals surface area contributed by atoms with Crippen LogP contribution >= 0.6 is 0 Å². The normalized spacial score (nSPS) is 10.3. The summed E-state index contributed by atoms with van der Waals surface area (Å²) in [4.78, 5) is 3.93. The fourth-order valence-electron chi connectivity index (χ4n) is 1.31. The summed E-state index contributed by atoms with van der Waals surface area (Å²) >= 11 is 0. The van der Waals surface area contributed by atoms with Gasteiger partial charge in [-0.25, -0.2) is 4.98 Å². The monoisotopic (exact) mass is 223 g/mol. The quantitative estimate of drug-likeness (QED) is 0.664. The van der Waals surface area contributed by atoms with Crippen molar-refractivity contribution >= 4 is 11.5 Å². The van der Waals surface area contributed by atoms with Gasteiger partial charge in [-0.2, -0.15) is 0 Å². The number of ether oxygens (including phenoxy) is 1. The number of pyridine rings is 1. The number of hydrogen-bond donors (Lipinski definition) is 2. The molecule has 0 atom stereocenters. The van der Waals surface area contributed by atoms with Crippen LogP contribution in [0, 0.1) is 0 Å². The molecule has 0 radical (unpaired) electrons. The molecule has 1 aromatic rings. The van der Waals surface area contributed by atoms with Gasteiger partial charge in [0, 0.05) is 37.7 Å². The summed E-state index contributed by atoms with van der Waals surface area (Å²) < 4.78 is 5.46. The molecule has 0 spiro atoms. The fourth-order valence-corrected chi connectivity index (χ4v) is 1.31. The summed E-state index contributed by atoms with van der Waals surface area (Å²) in [5, 5.41) is 3.28. The van der Waals surface area contributed by atoms with E-state index >= 15 is 0 Å². The van der Waals surface area contributed by atoms with Gasteiger partial charge in [-0.1, -0.05) is 13.3 Å². The molecule has 4 nitrogen and oxygen atoms in total. The molecular weight excluding hydrogens is 202 g/mol. The third kappa shape index (κ3) is 5.56. The molecule has 90 valence electrons. The number of nitrogens with zero attached hydrogens (tertiary/aromatic N) is 1. The van der Waals surface area contributed by atoms with Crippen LogP contribution in [0.3, 0.4) is 0 Å². The maximum Gasteiger partial charge on any atom is 0.125 e. The highest BCUT2D eigenvalue weighted by atomic mass is 16.5. The summed E-state index contributed by atoms with van der Waals surface area (Å²) in [6.07, 6.45) is 5.05. The highest BCUT2D eigenvalue weighted by molar-refractivity contribution is 5.49. The van der Waals surface area contributed by atoms with E-state index in [-0.39, 0.29) is 0 Å². The molecule has 0 aliphatic carbocycles. The number of hydrogen-bond acceptors (Lipinski definition) is 4. The van der Waals surface area contributed by atoms with Crippen LogP contribution < -0.4 is 11.1 Å². The molecule has 4 heteroatoms. The average molecular weight is 223 g/mol. The molecule has 0 saturated carbocycles. The summed E-state index contributed by atoms with van der Waals surface area (Å²) in [5.41, 5.74) is 6.58. The Morgan fingerprint density at radius 1 is 1.38 bits per heavy atom. The predicted molar refractivity (Wildman–Crippen MR) is 67.5 cm³/mol. The summed E-state index contributed by atoms with van der Waals surface area (Å²) in [5.74, 6) is 0.546. The molecular formula is C12H21N3O.